The maximum absolute atomic E-state index is 12.0. The minimum absolute atomic E-state index is 0.221. The van der Waals surface area contributed by atoms with Crippen molar-refractivity contribution >= 4 is 5.91 Å². The van der Waals surface area contributed by atoms with E-state index < -0.39 is 0 Å². The molecule has 1 heterocycles. The molecule has 4 heteroatoms. The smallest absolute Gasteiger partial charge is 0.222 e. The standard InChI is InChI=1S/C13H25NO3/c1-10(9-17-3)8-13(16)14-6-4-12(5-7-14)11(2)15/h10-12,15H,4-9H2,1-3H3. The molecule has 0 aromatic heterocycles. The van der Waals surface area contributed by atoms with Crippen LogP contribution >= 0.6 is 0 Å². The molecule has 17 heavy (non-hydrogen) atoms. The second kappa shape index (κ2) is 6.97. The number of nitrogens with zero attached hydrogens (tertiary/aromatic N) is 1. The number of piperidine rings is 1. The number of ether oxygens (including phenoxy) is 1. The highest BCUT2D eigenvalue weighted by atomic mass is 16.5. The van der Waals surface area contributed by atoms with Crippen LogP contribution in [-0.4, -0.2) is 48.8 Å². The van der Waals surface area contributed by atoms with E-state index in [4.69, 9.17) is 4.74 Å². The van der Waals surface area contributed by atoms with Gasteiger partial charge in [0.1, 0.15) is 0 Å². The lowest BCUT2D eigenvalue weighted by Gasteiger charge is -2.33. The van der Waals surface area contributed by atoms with E-state index in [0.717, 1.165) is 25.9 Å². The van der Waals surface area contributed by atoms with Crippen LogP contribution in [-0.2, 0) is 9.53 Å². The first-order valence-electron chi connectivity index (χ1n) is 6.49. The molecule has 1 aliphatic heterocycles. The van der Waals surface area contributed by atoms with Crippen molar-refractivity contribution in [1.29, 1.82) is 0 Å². The molecule has 1 saturated heterocycles. The van der Waals surface area contributed by atoms with E-state index in [1.807, 2.05) is 18.7 Å². The van der Waals surface area contributed by atoms with Gasteiger partial charge in [0.2, 0.25) is 5.91 Å². The summed E-state index contributed by atoms with van der Waals surface area (Å²) < 4.78 is 5.04. The van der Waals surface area contributed by atoms with Gasteiger partial charge in [0.05, 0.1) is 6.10 Å². The predicted octanol–water partition coefficient (Wildman–Crippen LogP) is 1.28. The Morgan fingerprint density at radius 3 is 2.47 bits per heavy atom. The molecule has 0 aromatic carbocycles. The monoisotopic (exact) mass is 243 g/mol. The summed E-state index contributed by atoms with van der Waals surface area (Å²) in [5.74, 6) is 0.857. The third kappa shape index (κ3) is 4.64. The number of amides is 1. The van der Waals surface area contributed by atoms with Gasteiger partial charge < -0.3 is 14.7 Å². The van der Waals surface area contributed by atoms with Crippen LogP contribution in [0.1, 0.15) is 33.1 Å². The number of rotatable bonds is 5. The Morgan fingerprint density at radius 1 is 1.41 bits per heavy atom. The highest BCUT2D eigenvalue weighted by molar-refractivity contribution is 5.76. The average Bonchev–Trinajstić information content (AvgIpc) is 2.29. The molecule has 1 fully saturated rings. The Kier molecular flexibility index (Phi) is 5.92. The zero-order valence-corrected chi connectivity index (χ0v) is 11.2. The quantitative estimate of drug-likeness (QED) is 0.791. The second-order valence-electron chi connectivity index (χ2n) is 5.22. The van der Waals surface area contributed by atoms with Crippen molar-refractivity contribution in [2.75, 3.05) is 26.8 Å². The largest absolute Gasteiger partial charge is 0.393 e. The molecule has 1 N–H and O–H groups in total. The Balaban J connectivity index is 2.30. The van der Waals surface area contributed by atoms with Crippen LogP contribution in [0.5, 0.6) is 0 Å². The first-order valence-corrected chi connectivity index (χ1v) is 6.49. The van der Waals surface area contributed by atoms with Crippen molar-refractivity contribution < 1.29 is 14.6 Å². The van der Waals surface area contributed by atoms with Crippen molar-refractivity contribution in [2.24, 2.45) is 11.8 Å². The van der Waals surface area contributed by atoms with Crippen molar-refractivity contribution in [1.82, 2.24) is 4.90 Å². The summed E-state index contributed by atoms with van der Waals surface area (Å²) in [6.45, 7) is 6.07. The molecule has 2 atom stereocenters. The van der Waals surface area contributed by atoms with Crippen LogP contribution in [0.3, 0.4) is 0 Å². The first kappa shape index (κ1) is 14.5. The molecular formula is C13H25NO3. The van der Waals surface area contributed by atoms with Gasteiger partial charge in [-0.2, -0.15) is 0 Å². The number of aliphatic hydroxyl groups is 1. The van der Waals surface area contributed by atoms with Crippen LogP contribution in [0.25, 0.3) is 0 Å². The van der Waals surface area contributed by atoms with E-state index in [9.17, 15) is 9.90 Å². The summed E-state index contributed by atoms with van der Waals surface area (Å²) in [5.41, 5.74) is 0. The van der Waals surface area contributed by atoms with Crippen molar-refractivity contribution in [2.45, 2.75) is 39.2 Å². The molecule has 0 saturated carbocycles. The number of likely N-dealkylation sites (tertiary alicyclic amines) is 1. The number of aliphatic hydroxyl groups excluding tert-OH is 1. The Morgan fingerprint density at radius 2 is 2.00 bits per heavy atom. The molecular weight excluding hydrogens is 218 g/mol. The van der Waals surface area contributed by atoms with E-state index in [-0.39, 0.29) is 17.9 Å². The van der Waals surface area contributed by atoms with Gasteiger partial charge in [-0.05, 0) is 31.6 Å². The van der Waals surface area contributed by atoms with Crippen LogP contribution in [0.2, 0.25) is 0 Å². The molecule has 0 aromatic rings. The Bertz CT molecular complexity index is 235. The van der Waals surface area contributed by atoms with Crippen molar-refractivity contribution in [3.8, 4) is 0 Å². The zero-order valence-electron chi connectivity index (χ0n) is 11.2. The molecule has 1 rings (SSSR count). The Labute approximate surface area is 104 Å². The predicted molar refractivity (Wildman–Crippen MR) is 66.6 cm³/mol. The van der Waals surface area contributed by atoms with Gasteiger partial charge in [0, 0.05) is 33.2 Å². The minimum atomic E-state index is -0.250. The molecule has 2 unspecified atom stereocenters. The van der Waals surface area contributed by atoms with Crippen molar-refractivity contribution in [3.05, 3.63) is 0 Å². The Hall–Kier alpha value is -0.610. The third-order valence-corrected chi connectivity index (χ3v) is 3.55. The molecule has 1 aliphatic rings. The fourth-order valence-corrected chi connectivity index (χ4v) is 2.40. The van der Waals surface area contributed by atoms with Crippen LogP contribution in [0.15, 0.2) is 0 Å². The normalized spacial score (nSPS) is 21.3. The van der Waals surface area contributed by atoms with E-state index in [2.05, 4.69) is 0 Å². The maximum atomic E-state index is 12.0. The van der Waals surface area contributed by atoms with Gasteiger partial charge in [-0.15, -0.1) is 0 Å². The average molecular weight is 243 g/mol. The van der Waals surface area contributed by atoms with Crippen LogP contribution in [0, 0.1) is 11.8 Å². The molecule has 4 nitrogen and oxygen atoms in total. The number of methoxy groups -OCH3 is 1. The lowest BCUT2D eigenvalue weighted by atomic mass is 9.92. The number of hydrogen-bond donors (Lipinski definition) is 1. The van der Waals surface area contributed by atoms with E-state index in [1.54, 1.807) is 7.11 Å². The van der Waals surface area contributed by atoms with E-state index >= 15 is 0 Å². The van der Waals surface area contributed by atoms with Gasteiger partial charge in [-0.1, -0.05) is 6.92 Å². The second-order valence-corrected chi connectivity index (χ2v) is 5.22. The summed E-state index contributed by atoms with van der Waals surface area (Å²) in [5, 5.41) is 9.50. The fraction of sp³-hybridized carbons (Fsp3) is 0.923. The topological polar surface area (TPSA) is 49.8 Å². The third-order valence-electron chi connectivity index (χ3n) is 3.55. The molecule has 100 valence electrons. The number of hydrogen-bond acceptors (Lipinski definition) is 3. The van der Waals surface area contributed by atoms with Gasteiger partial charge in [-0.3, -0.25) is 4.79 Å². The summed E-state index contributed by atoms with van der Waals surface area (Å²) in [4.78, 5) is 13.9. The molecule has 0 spiro atoms. The van der Waals surface area contributed by atoms with E-state index in [1.165, 1.54) is 0 Å². The maximum Gasteiger partial charge on any atom is 0.222 e. The number of carbonyl (C=O) groups is 1. The van der Waals surface area contributed by atoms with Crippen LogP contribution < -0.4 is 0 Å². The van der Waals surface area contributed by atoms with Gasteiger partial charge >= 0.3 is 0 Å². The molecule has 0 bridgehead atoms. The lowest BCUT2D eigenvalue weighted by molar-refractivity contribution is -0.134. The van der Waals surface area contributed by atoms with E-state index in [0.29, 0.717) is 18.9 Å². The summed E-state index contributed by atoms with van der Waals surface area (Å²) in [7, 11) is 1.66. The molecule has 0 aliphatic carbocycles. The van der Waals surface area contributed by atoms with Gasteiger partial charge in [0.15, 0.2) is 0 Å². The number of carbonyl (C=O) groups excluding carboxylic acids is 1. The summed E-state index contributed by atoms with van der Waals surface area (Å²) in [6, 6.07) is 0. The highest BCUT2D eigenvalue weighted by Crippen LogP contribution is 2.21. The molecule has 1 amide bonds. The van der Waals surface area contributed by atoms with Gasteiger partial charge in [0.25, 0.3) is 0 Å². The highest BCUT2D eigenvalue weighted by Gasteiger charge is 2.25. The fourth-order valence-electron chi connectivity index (χ4n) is 2.40. The zero-order chi connectivity index (χ0) is 12.8. The summed E-state index contributed by atoms with van der Waals surface area (Å²) >= 11 is 0. The van der Waals surface area contributed by atoms with Crippen LogP contribution in [0.4, 0.5) is 0 Å². The van der Waals surface area contributed by atoms with Gasteiger partial charge in [-0.25, -0.2) is 0 Å². The van der Waals surface area contributed by atoms with Crippen molar-refractivity contribution in [3.63, 3.8) is 0 Å². The SMILES string of the molecule is COCC(C)CC(=O)N1CCC(C(C)O)CC1. The lowest BCUT2D eigenvalue weighted by Crippen LogP contribution is -2.41. The summed E-state index contributed by atoms with van der Waals surface area (Å²) in [6.07, 6.45) is 2.15. The first-order chi connectivity index (χ1) is 8.04. The molecule has 0 radical (unpaired) electrons. The minimum Gasteiger partial charge on any atom is -0.393 e.